The highest BCUT2D eigenvalue weighted by Gasteiger charge is 2.35. The third-order valence-corrected chi connectivity index (χ3v) is 6.85. The first-order chi connectivity index (χ1) is 15.6. The van der Waals surface area contributed by atoms with E-state index in [1.54, 1.807) is 13.2 Å². The number of Topliss-reactive ketones (excluding diaryl/α,β-unsaturated/α-hetero) is 1. The van der Waals surface area contributed by atoms with Gasteiger partial charge < -0.3 is 9.64 Å². The molecule has 0 aliphatic heterocycles. The van der Waals surface area contributed by atoms with Gasteiger partial charge in [-0.2, -0.15) is 5.26 Å². The number of hydrogen-bond donors (Lipinski definition) is 0. The van der Waals surface area contributed by atoms with Crippen LogP contribution in [0.3, 0.4) is 0 Å². The molecular formula is C28H36N2O2. The summed E-state index contributed by atoms with van der Waals surface area (Å²) >= 11 is 0. The first kappa shape index (κ1) is 24.0. The minimum atomic E-state index is -0.304. The zero-order chi connectivity index (χ0) is 22.9. The minimum absolute atomic E-state index is 0.0106. The van der Waals surface area contributed by atoms with Gasteiger partial charge >= 0.3 is 0 Å². The van der Waals surface area contributed by atoms with E-state index in [0.29, 0.717) is 11.3 Å². The Labute approximate surface area is 193 Å². The van der Waals surface area contributed by atoms with Gasteiger partial charge in [0, 0.05) is 37.7 Å². The van der Waals surface area contributed by atoms with Crippen molar-refractivity contribution in [2.45, 2.75) is 58.5 Å². The van der Waals surface area contributed by atoms with Crippen molar-refractivity contribution in [3.8, 4) is 6.07 Å². The van der Waals surface area contributed by atoms with E-state index in [9.17, 15) is 10.1 Å². The van der Waals surface area contributed by atoms with E-state index in [2.05, 4.69) is 49.1 Å². The van der Waals surface area contributed by atoms with Gasteiger partial charge in [-0.05, 0) is 68.5 Å². The SMILES string of the molecule is CCN(CC)c1ccc(CC2CCCCCC(C(OC)c3cccc(C#N)c3)C2=O)cc1. The lowest BCUT2D eigenvalue weighted by Gasteiger charge is -2.31. The van der Waals surface area contributed by atoms with Gasteiger partial charge in [0.15, 0.2) is 0 Å². The highest BCUT2D eigenvalue weighted by Crippen LogP contribution is 2.36. The van der Waals surface area contributed by atoms with Crippen molar-refractivity contribution < 1.29 is 9.53 Å². The van der Waals surface area contributed by atoms with Crippen LogP contribution in [0.25, 0.3) is 0 Å². The van der Waals surface area contributed by atoms with Crippen molar-refractivity contribution >= 4 is 11.5 Å². The highest BCUT2D eigenvalue weighted by atomic mass is 16.5. The van der Waals surface area contributed by atoms with Crippen LogP contribution in [0.4, 0.5) is 5.69 Å². The smallest absolute Gasteiger partial charge is 0.142 e. The molecular weight excluding hydrogens is 396 g/mol. The van der Waals surface area contributed by atoms with Crippen LogP contribution in [0.1, 0.15) is 68.7 Å². The molecule has 0 radical (unpaired) electrons. The van der Waals surface area contributed by atoms with Crippen LogP contribution in [0, 0.1) is 23.2 Å². The summed E-state index contributed by atoms with van der Waals surface area (Å²) in [7, 11) is 1.68. The van der Waals surface area contributed by atoms with E-state index in [-0.39, 0.29) is 17.9 Å². The number of methoxy groups -OCH3 is 1. The second-order valence-electron chi connectivity index (χ2n) is 8.78. The Morgan fingerprint density at radius 1 is 1.06 bits per heavy atom. The first-order valence-corrected chi connectivity index (χ1v) is 12.0. The van der Waals surface area contributed by atoms with Crippen molar-refractivity contribution in [1.82, 2.24) is 0 Å². The summed E-state index contributed by atoms with van der Waals surface area (Å²) < 4.78 is 5.87. The predicted octanol–water partition coefficient (Wildman–Crippen LogP) is 6.10. The molecule has 4 heteroatoms. The fourth-order valence-electron chi connectivity index (χ4n) is 5.06. The van der Waals surface area contributed by atoms with Crippen molar-refractivity contribution in [2.75, 3.05) is 25.1 Å². The summed E-state index contributed by atoms with van der Waals surface area (Å²) in [6.07, 6.45) is 5.54. The molecule has 0 N–H and O–H groups in total. The number of carbonyl (C=O) groups is 1. The van der Waals surface area contributed by atoms with E-state index in [1.165, 1.54) is 11.3 Å². The Morgan fingerprint density at radius 3 is 2.44 bits per heavy atom. The molecule has 0 heterocycles. The molecule has 3 rings (SSSR count). The van der Waals surface area contributed by atoms with Gasteiger partial charge in [0.1, 0.15) is 5.78 Å². The van der Waals surface area contributed by atoms with Gasteiger partial charge in [0.25, 0.3) is 0 Å². The molecule has 0 saturated heterocycles. The van der Waals surface area contributed by atoms with Gasteiger partial charge in [0.05, 0.1) is 17.7 Å². The average Bonchev–Trinajstić information content (AvgIpc) is 2.83. The van der Waals surface area contributed by atoms with E-state index in [4.69, 9.17) is 4.74 Å². The number of nitriles is 1. The number of rotatable bonds is 8. The van der Waals surface area contributed by atoms with E-state index < -0.39 is 0 Å². The second-order valence-corrected chi connectivity index (χ2v) is 8.78. The molecule has 0 bridgehead atoms. The summed E-state index contributed by atoms with van der Waals surface area (Å²) in [5.41, 5.74) is 3.98. The number of anilines is 1. The summed E-state index contributed by atoms with van der Waals surface area (Å²) in [6.45, 7) is 6.32. The van der Waals surface area contributed by atoms with Crippen LogP contribution in [-0.4, -0.2) is 26.0 Å². The average molecular weight is 433 g/mol. The summed E-state index contributed by atoms with van der Waals surface area (Å²) in [5.74, 6) is 0.150. The van der Waals surface area contributed by atoms with E-state index >= 15 is 0 Å². The molecule has 0 spiro atoms. The lowest BCUT2D eigenvalue weighted by molar-refractivity contribution is -0.132. The van der Waals surface area contributed by atoms with Gasteiger partial charge in [0.2, 0.25) is 0 Å². The van der Waals surface area contributed by atoms with E-state index in [1.807, 2.05) is 18.2 Å². The third-order valence-electron chi connectivity index (χ3n) is 6.85. The van der Waals surface area contributed by atoms with Crippen LogP contribution >= 0.6 is 0 Å². The third kappa shape index (κ3) is 5.78. The van der Waals surface area contributed by atoms with E-state index in [0.717, 1.165) is 57.2 Å². The lowest BCUT2D eigenvalue weighted by atomic mass is 9.76. The molecule has 3 atom stereocenters. The molecule has 1 saturated carbocycles. The van der Waals surface area contributed by atoms with Crippen LogP contribution in [0.15, 0.2) is 48.5 Å². The monoisotopic (exact) mass is 432 g/mol. The quantitative estimate of drug-likeness (QED) is 0.506. The lowest BCUT2D eigenvalue weighted by Crippen LogP contribution is -2.32. The Balaban J connectivity index is 1.80. The van der Waals surface area contributed by atoms with Crippen LogP contribution in [0.2, 0.25) is 0 Å². The maximum atomic E-state index is 13.7. The largest absolute Gasteiger partial charge is 0.376 e. The zero-order valence-electron chi connectivity index (χ0n) is 19.7. The van der Waals surface area contributed by atoms with Gasteiger partial charge in [-0.25, -0.2) is 0 Å². The molecule has 2 aromatic rings. The van der Waals surface area contributed by atoms with Crippen molar-refractivity contribution in [2.24, 2.45) is 11.8 Å². The van der Waals surface area contributed by atoms with Crippen molar-refractivity contribution in [3.05, 3.63) is 65.2 Å². The standard InChI is InChI=1S/C28H36N2O2/c1-4-30(5-2)25-16-14-21(15-17-25)18-23-11-7-6-8-13-26(27(23)31)28(32-3)24-12-9-10-22(19-24)20-29/h9-10,12,14-17,19,23,26,28H,4-8,11,13,18H2,1-3H3. The summed E-state index contributed by atoms with van der Waals surface area (Å²) in [5, 5.41) is 9.29. The number of benzene rings is 2. The molecule has 1 aliphatic rings. The molecule has 0 amide bonds. The van der Waals surface area contributed by atoms with Gasteiger partial charge in [-0.15, -0.1) is 0 Å². The second kappa shape index (κ2) is 11.8. The molecule has 1 aliphatic carbocycles. The molecule has 0 aromatic heterocycles. The van der Waals surface area contributed by atoms with Crippen molar-refractivity contribution in [1.29, 1.82) is 5.26 Å². The van der Waals surface area contributed by atoms with Crippen molar-refractivity contribution in [3.63, 3.8) is 0 Å². The normalized spacial score (nSPS) is 20.1. The summed E-state index contributed by atoms with van der Waals surface area (Å²) in [6, 6.07) is 18.4. The maximum Gasteiger partial charge on any atom is 0.142 e. The molecule has 170 valence electrons. The maximum absolute atomic E-state index is 13.7. The van der Waals surface area contributed by atoms with Crippen LogP contribution in [-0.2, 0) is 16.0 Å². The molecule has 32 heavy (non-hydrogen) atoms. The Morgan fingerprint density at radius 2 is 1.78 bits per heavy atom. The Kier molecular flexibility index (Phi) is 8.88. The Hall–Kier alpha value is -2.64. The zero-order valence-corrected chi connectivity index (χ0v) is 19.7. The molecule has 2 aromatic carbocycles. The summed E-state index contributed by atoms with van der Waals surface area (Å²) in [4.78, 5) is 16.1. The fraction of sp³-hybridized carbons (Fsp3) is 0.500. The number of carbonyl (C=O) groups excluding carboxylic acids is 1. The Bertz CT molecular complexity index is 912. The first-order valence-electron chi connectivity index (χ1n) is 12.0. The van der Waals surface area contributed by atoms with Gasteiger partial charge in [-0.1, -0.05) is 43.5 Å². The van der Waals surface area contributed by atoms with Crippen LogP contribution in [0.5, 0.6) is 0 Å². The minimum Gasteiger partial charge on any atom is -0.376 e. The highest BCUT2D eigenvalue weighted by molar-refractivity contribution is 5.84. The number of nitrogens with zero attached hydrogens (tertiary/aromatic N) is 2. The predicted molar refractivity (Wildman–Crippen MR) is 130 cm³/mol. The topological polar surface area (TPSA) is 53.3 Å². The number of ether oxygens (including phenoxy) is 1. The number of hydrogen-bond acceptors (Lipinski definition) is 4. The van der Waals surface area contributed by atoms with Gasteiger partial charge in [-0.3, -0.25) is 4.79 Å². The fourth-order valence-corrected chi connectivity index (χ4v) is 5.06. The molecule has 1 fully saturated rings. The number of ketones is 1. The molecule has 4 nitrogen and oxygen atoms in total. The van der Waals surface area contributed by atoms with Crippen LogP contribution < -0.4 is 4.90 Å². The molecule has 3 unspecified atom stereocenters.